The van der Waals surface area contributed by atoms with Crippen molar-refractivity contribution in [2.45, 2.75) is 31.5 Å². The van der Waals surface area contributed by atoms with Crippen LogP contribution in [-0.2, 0) is 22.6 Å². The molecule has 5 rings (SSSR count). The summed E-state index contributed by atoms with van der Waals surface area (Å²) >= 11 is 7.18. The van der Waals surface area contributed by atoms with Crippen molar-refractivity contribution in [2.75, 3.05) is 36.9 Å². The molecule has 1 fully saturated rings. The van der Waals surface area contributed by atoms with E-state index in [0.29, 0.717) is 29.0 Å². The average molecular weight is 546 g/mol. The van der Waals surface area contributed by atoms with E-state index in [1.54, 1.807) is 6.07 Å². The van der Waals surface area contributed by atoms with Gasteiger partial charge in [0.1, 0.15) is 5.82 Å². The first-order chi connectivity index (χ1) is 17.9. The van der Waals surface area contributed by atoms with Crippen molar-refractivity contribution in [1.82, 2.24) is 35.7 Å². The van der Waals surface area contributed by atoms with Crippen molar-refractivity contribution in [1.29, 1.82) is 0 Å². The fourth-order valence-electron chi connectivity index (χ4n) is 4.26. The highest BCUT2D eigenvalue weighted by atomic mass is 35.5. The van der Waals surface area contributed by atoms with E-state index in [0.717, 1.165) is 30.1 Å². The summed E-state index contributed by atoms with van der Waals surface area (Å²) in [5.41, 5.74) is 0.946. The van der Waals surface area contributed by atoms with Crippen molar-refractivity contribution in [3.63, 3.8) is 0 Å². The maximum absolute atomic E-state index is 13.2. The number of hydrogen-bond acceptors (Lipinski definition) is 11. The van der Waals surface area contributed by atoms with E-state index < -0.39 is 23.9 Å². The van der Waals surface area contributed by atoms with Gasteiger partial charge in [-0.1, -0.05) is 16.7 Å². The fraction of sp³-hybridized carbons (Fsp3) is 0.409. The lowest BCUT2D eigenvalue weighted by Gasteiger charge is -2.38. The number of thiazole rings is 1. The molecule has 1 saturated heterocycles. The van der Waals surface area contributed by atoms with Gasteiger partial charge in [0, 0.05) is 43.7 Å². The SMILES string of the molecule is CN1CCc2nc(C(=O)N[C@@H]3CN(c4nnco4)CCC3NC(=O)C(=O)Nc3ccc(Cl)cn3)sc2C1. The van der Waals surface area contributed by atoms with E-state index >= 15 is 0 Å². The largest absolute Gasteiger partial charge is 0.411 e. The highest BCUT2D eigenvalue weighted by Crippen LogP contribution is 2.25. The molecule has 13 nitrogen and oxygen atoms in total. The van der Waals surface area contributed by atoms with Crippen LogP contribution in [0.3, 0.4) is 0 Å². The molecule has 3 N–H and O–H groups in total. The van der Waals surface area contributed by atoms with Crippen molar-refractivity contribution in [2.24, 2.45) is 0 Å². The Bertz CT molecular complexity index is 1280. The standard InChI is InChI=1S/C22H24ClN9O4S/c1-31-6-4-14-16(10-31)37-21(28-14)20(35)27-15-9-32(22-30-25-11-36-22)7-5-13(15)26-18(33)19(34)29-17-3-2-12(23)8-24-17/h2-3,8,11,13,15H,4-7,9-10H2,1H3,(H,26,33)(H,27,35)(H,24,29,34)/t13?,15-/m1/s1. The van der Waals surface area contributed by atoms with Gasteiger partial charge < -0.3 is 30.2 Å². The molecule has 2 aliphatic heterocycles. The summed E-state index contributed by atoms with van der Waals surface area (Å²) in [5, 5.41) is 16.6. The first-order valence-corrected chi connectivity index (χ1v) is 12.8. The molecule has 0 aromatic carbocycles. The highest BCUT2D eigenvalue weighted by Gasteiger charge is 2.35. The third-order valence-electron chi connectivity index (χ3n) is 6.16. The molecule has 0 spiro atoms. The van der Waals surface area contributed by atoms with Crippen LogP contribution in [0.5, 0.6) is 0 Å². The van der Waals surface area contributed by atoms with Gasteiger partial charge >= 0.3 is 17.8 Å². The molecule has 3 aromatic rings. The van der Waals surface area contributed by atoms with Gasteiger partial charge in [-0.25, -0.2) is 9.97 Å². The zero-order valence-corrected chi connectivity index (χ0v) is 21.4. The summed E-state index contributed by atoms with van der Waals surface area (Å²) < 4.78 is 5.31. The van der Waals surface area contributed by atoms with Crippen LogP contribution in [0, 0.1) is 0 Å². The summed E-state index contributed by atoms with van der Waals surface area (Å²) in [5.74, 6) is -1.87. The predicted octanol–water partition coefficient (Wildman–Crippen LogP) is 0.695. The number of halogens is 1. The van der Waals surface area contributed by atoms with E-state index in [4.69, 9.17) is 16.0 Å². The Morgan fingerprint density at radius 3 is 2.78 bits per heavy atom. The van der Waals surface area contributed by atoms with Gasteiger partial charge in [0.05, 0.1) is 22.8 Å². The number of carbonyl (C=O) groups excluding carboxylic acids is 3. The monoisotopic (exact) mass is 545 g/mol. The minimum atomic E-state index is -0.879. The maximum Gasteiger partial charge on any atom is 0.318 e. The molecule has 37 heavy (non-hydrogen) atoms. The van der Waals surface area contributed by atoms with Crippen LogP contribution in [0.2, 0.25) is 5.02 Å². The molecule has 5 heterocycles. The highest BCUT2D eigenvalue weighted by molar-refractivity contribution is 7.13. The number of likely N-dealkylation sites (N-methyl/N-ethyl adjacent to an activating group) is 1. The molecule has 1 unspecified atom stereocenters. The zero-order valence-electron chi connectivity index (χ0n) is 19.8. The number of nitrogens with zero attached hydrogens (tertiary/aromatic N) is 6. The number of nitrogens with one attached hydrogen (secondary N) is 3. The van der Waals surface area contributed by atoms with E-state index in [9.17, 15) is 14.4 Å². The number of carbonyl (C=O) groups is 3. The molecule has 0 bridgehead atoms. The van der Waals surface area contributed by atoms with Crippen LogP contribution in [0.25, 0.3) is 0 Å². The number of pyridine rings is 1. The fourth-order valence-corrected chi connectivity index (χ4v) is 5.46. The third-order valence-corrected chi connectivity index (χ3v) is 7.46. The number of hydrogen-bond donors (Lipinski definition) is 3. The molecule has 194 valence electrons. The Labute approximate surface area is 220 Å². The summed E-state index contributed by atoms with van der Waals surface area (Å²) in [6.45, 7) is 2.40. The first kappa shape index (κ1) is 25.0. The van der Waals surface area contributed by atoms with E-state index in [2.05, 4.69) is 41.0 Å². The Balaban J connectivity index is 1.28. The van der Waals surface area contributed by atoms with Gasteiger partial charge in [0.2, 0.25) is 6.39 Å². The number of amides is 3. The molecule has 15 heteroatoms. The lowest BCUT2D eigenvalue weighted by Crippen LogP contribution is -2.61. The second-order valence-electron chi connectivity index (χ2n) is 8.81. The predicted molar refractivity (Wildman–Crippen MR) is 134 cm³/mol. The van der Waals surface area contributed by atoms with Crippen LogP contribution in [0.4, 0.5) is 11.8 Å². The number of aromatic nitrogens is 4. The van der Waals surface area contributed by atoms with E-state index in [1.807, 2.05) is 11.9 Å². The van der Waals surface area contributed by atoms with E-state index in [-0.39, 0.29) is 18.3 Å². The molecule has 2 aliphatic rings. The van der Waals surface area contributed by atoms with Crippen LogP contribution in [0.15, 0.2) is 29.1 Å². The maximum atomic E-state index is 13.2. The second-order valence-corrected chi connectivity index (χ2v) is 10.3. The molecule has 3 amide bonds. The van der Waals surface area contributed by atoms with Crippen LogP contribution in [0.1, 0.15) is 26.8 Å². The van der Waals surface area contributed by atoms with Gasteiger partial charge in [0.25, 0.3) is 5.91 Å². The number of rotatable bonds is 5. The van der Waals surface area contributed by atoms with E-state index in [1.165, 1.54) is 30.0 Å². The summed E-state index contributed by atoms with van der Waals surface area (Å²) in [6, 6.07) is 2.27. The smallest absolute Gasteiger partial charge is 0.318 e. The van der Waals surface area contributed by atoms with Crippen molar-refractivity contribution in [3.8, 4) is 0 Å². The molecule has 0 saturated carbocycles. The average Bonchev–Trinajstić information content (AvgIpc) is 3.56. The topological polar surface area (TPSA) is 158 Å². The summed E-state index contributed by atoms with van der Waals surface area (Å²) in [4.78, 5) is 51.9. The minimum absolute atomic E-state index is 0.194. The van der Waals surface area contributed by atoms with Gasteiger partial charge in [-0.15, -0.1) is 16.4 Å². The quantitative estimate of drug-likeness (QED) is 0.389. The number of fused-ring (bicyclic) bond motifs is 1. The number of piperidine rings is 1. The number of anilines is 2. The van der Waals surface area contributed by atoms with Crippen molar-refractivity contribution >= 4 is 52.5 Å². The van der Waals surface area contributed by atoms with Gasteiger partial charge in [-0.3, -0.25) is 14.4 Å². The Hall–Kier alpha value is -3.62. The Morgan fingerprint density at radius 2 is 2.03 bits per heavy atom. The molecule has 2 atom stereocenters. The van der Waals surface area contributed by atoms with Gasteiger partial charge in [-0.2, -0.15) is 0 Å². The first-order valence-electron chi connectivity index (χ1n) is 11.6. The molecule has 0 radical (unpaired) electrons. The van der Waals surface area contributed by atoms with Crippen LogP contribution >= 0.6 is 22.9 Å². The zero-order chi connectivity index (χ0) is 25.9. The second kappa shape index (κ2) is 10.8. The Kier molecular flexibility index (Phi) is 7.30. The molecular formula is C22H24ClN9O4S. The molecular weight excluding hydrogens is 522 g/mol. The lowest BCUT2D eigenvalue weighted by atomic mass is 9.99. The Morgan fingerprint density at radius 1 is 1.16 bits per heavy atom. The molecule has 0 aliphatic carbocycles. The van der Waals surface area contributed by atoms with Crippen LogP contribution < -0.4 is 20.9 Å². The molecule has 3 aromatic heterocycles. The van der Waals surface area contributed by atoms with Gasteiger partial charge in [0.15, 0.2) is 5.01 Å². The normalized spacial score (nSPS) is 19.7. The summed E-state index contributed by atoms with van der Waals surface area (Å²) in [7, 11) is 2.03. The van der Waals surface area contributed by atoms with Crippen molar-refractivity contribution < 1.29 is 18.8 Å². The van der Waals surface area contributed by atoms with Gasteiger partial charge in [-0.05, 0) is 25.6 Å². The van der Waals surface area contributed by atoms with Crippen molar-refractivity contribution in [3.05, 3.63) is 45.3 Å². The third kappa shape index (κ3) is 5.87. The minimum Gasteiger partial charge on any atom is -0.411 e. The summed E-state index contributed by atoms with van der Waals surface area (Å²) in [6.07, 6.45) is 3.80. The van der Waals surface area contributed by atoms with Crippen LogP contribution in [-0.4, -0.2) is 81.6 Å². The lowest BCUT2D eigenvalue weighted by molar-refractivity contribution is -0.136.